The Morgan fingerprint density at radius 1 is 1.38 bits per heavy atom. The fourth-order valence-electron chi connectivity index (χ4n) is 1.36. The van der Waals surface area contributed by atoms with Crippen LogP contribution in [0.15, 0.2) is 48.0 Å². The average Bonchev–Trinajstić information content (AvgIpc) is 2.63. The van der Waals surface area contributed by atoms with Crippen molar-refractivity contribution >= 4 is 11.6 Å². The minimum atomic E-state index is -0.192. The number of allylic oxidation sites excluding steroid dienone is 1. The van der Waals surface area contributed by atoms with Crippen LogP contribution in [0.2, 0.25) is 5.02 Å². The van der Waals surface area contributed by atoms with Gasteiger partial charge in [-0.2, -0.15) is 5.10 Å². The Balaban J connectivity index is 2.45. The molecule has 16 heavy (non-hydrogen) atoms. The van der Waals surface area contributed by atoms with Gasteiger partial charge in [-0.25, -0.2) is 14.0 Å². The molecule has 0 aliphatic rings. The van der Waals surface area contributed by atoms with Crippen molar-refractivity contribution in [1.82, 2.24) is 14.3 Å². The van der Waals surface area contributed by atoms with Crippen molar-refractivity contribution in [1.29, 1.82) is 0 Å². The molecule has 0 N–H and O–H groups in total. The fourth-order valence-corrected chi connectivity index (χ4v) is 1.49. The molecule has 0 saturated carbocycles. The van der Waals surface area contributed by atoms with E-state index in [2.05, 4.69) is 11.7 Å². The maximum atomic E-state index is 11.8. The zero-order valence-electron chi connectivity index (χ0n) is 8.51. The van der Waals surface area contributed by atoms with Gasteiger partial charge in [-0.15, -0.1) is 6.58 Å². The first kappa shape index (κ1) is 10.7. The summed E-state index contributed by atoms with van der Waals surface area (Å²) >= 11 is 5.77. The minimum Gasteiger partial charge on any atom is -0.250 e. The van der Waals surface area contributed by atoms with Crippen molar-refractivity contribution < 1.29 is 0 Å². The average molecular weight is 236 g/mol. The van der Waals surface area contributed by atoms with Gasteiger partial charge >= 0.3 is 5.69 Å². The Bertz CT molecular complexity index is 553. The lowest BCUT2D eigenvalue weighted by Crippen LogP contribution is -2.23. The Hall–Kier alpha value is -1.81. The number of rotatable bonds is 3. The van der Waals surface area contributed by atoms with Gasteiger partial charge in [-0.1, -0.05) is 17.7 Å². The molecule has 0 atom stereocenters. The maximum Gasteiger partial charge on any atom is 0.350 e. The quantitative estimate of drug-likeness (QED) is 0.762. The first-order valence-corrected chi connectivity index (χ1v) is 5.11. The third-order valence-corrected chi connectivity index (χ3v) is 2.39. The first-order valence-electron chi connectivity index (χ1n) is 4.73. The highest BCUT2D eigenvalue weighted by Crippen LogP contribution is 2.11. The number of hydrogen-bond acceptors (Lipinski definition) is 2. The zero-order chi connectivity index (χ0) is 11.5. The van der Waals surface area contributed by atoms with E-state index in [1.54, 1.807) is 30.3 Å². The van der Waals surface area contributed by atoms with E-state index in [0.717, 1.165) is 5.69 Å². The lowest BCUT2D eigenvalue weighted by atomic mass is 10.3. The Labute approximate surface area is 97.4 Å². The molecule has 0 fully saturated rings. The molecule has 5 heteroatoms. The number of halogens is 1. The van der Waals surface area contributed by atoms with E-state index in [4.69, 9.17) is 11.6 Å². The van der Waals surface area contributed by atoms with E-state index in [-0.39, 0.29) is 5.69 Å². The summed E-state index contributed by atoms with van der Waals surface area (Å²) in [6.07, 6.45) is 3.11. The SMILES string of the molecule is C=CCn1ncn(-c2ccc(Cl)cc2)c1=O. The third kappa shape index (κ3) is 1.92. The fraction of sp³-hybridized carbons (Fsp3) is 0.0909. The van der Waals surface area contributed by atoms with Crippen LogP contribution in [0.5, 0.6) is 0 Å². The zero-order valence-corrected chi connectivity index (χ0v) is 9.26. The summed E-state index contributed by atoms with van der Waals surface area (Å²) < 4.78 is 2.79. The van der Waals surface area contributed by atoms with Crippen LogP contribution in [0.1, 0.15) is 0 Å². The molecule has 0 radical (unpaired) electrons. The highest BCUT2D eigenvalue weighted by atomic mass is 35.5. The van der Waals surface area contributed by atoms with E-state index in [1.165, 1.54) is 15.6 Å². The summed E-state index contributed by atoms with van der Waals surface area (Å²) in [5.74, 6) is 0. The molecule has 0 spiro atoms. The normalized spacial score (nSPS) is 10.3. The molecule has 2 aromatic rings. The molecule has 0 unspecified atom stereocenters. The van der Waals surface area contributed by atoms with Crippen molar-refractivity contribution in [2.24, 2.45) is 0 Å². The van der Waals surface area contributed by atoms with Gasteiger partial charge in [0.2, 0.25) is 0 Å². The van der Waals surface area contributed by atoms with Gasteiger partial charge in [0, 0.05) is 5.02 Å². The van der Waals surface area contributed by atoms with Crippen molar-refractivity contribution in [2.75, 3.05) is 0 Å². The van der Waals surface area contributed by atoms with Gasteiger partial charge in [0.25, 0.3) is 0 Å². The molecule has 0 bridgehead atoms. The van der Waals surface area contributed by atoms with Gasteiger partial charge in [0.15, 0.2) is 0 Å². The standard InChI is InChI=1S/C11H10ClN3O/c1-2-7-15-11(16)14(8-13-15)10-5-3-9(12)4-6-10/h2-6,8H,1,7H2. The summed E-state index contributed by atoms with van der Waals surface area (Å²) in [4.78, 5) is 11.8. The first-order chi connectivity index (χ1) is 7.72. The van der Waals surface area contributed by atoms with E-state index < -0.39 is 0 Å². The molecule has 0 amide bonds. The molecule has 1 aromatic heterocycles. The van der Waals surface area contributed by atoms with Crippen molar-refractivity contribution in [3.05, 3.63) is 58.8 Å². The lowest BCUT2D eigenvalue weighted by Gasteiger charge is -1.99. The van der Waals surface area contributed by atoms with Crippen LogP contribution in [0.3, 0.4) is 0 Å². The van der Waals surface area contributed by atoms with Crippen LogP contribution < -0.4 is 5.69 Å². The van der Waals surface area contributed by atoms with Crippen molar-refractivity contribution in [3.8, 4) is 5.69 Å². The molecule has 82 valence electrons. The number of hydrogen-bond donors (Lipinski definition) is 0. The van der Waals surface area contributed by atoms with Crippen LogP contribution in [-0.2, 0) is 6.54 Å². The smallest absolute Gasteiger partial charge is 0.250 e. The van der Waals surface area contributed by atoms with Gasteiger partial charge in [0.05, 0.1) is 12.2 Å². The van der Waals surface area contributed by atoms with Crippen LogP contribution in [0.4, 0.5) is 0 Å². The topological polar surface area (TPSA) is 39.8 Å². The van der Waals surface area contributed by atoms with E-state index in [1.807, 2.05) is 0 Å². The molecule has 2 rings (SSSR count). The van der Waals surface area contributed by atoms with Crippen LogP contribution in [-0.4, -0.2) is 14.3 Å². The minimum absolute atomic E-state index is 0.192. The Morgan fingerprint density at radius 3 is 2.69 bits per heavy atom. The van der Waals surface area contributed by atoms with Crippen LogP contribution in [0, 0.1) is 0 Å². The summed E-state index contributed by atoms with van der Waals surface area (Å²) in [5, 5.41) is 4.60. The predicted molar refractivity (Wildman–Crippen MR) is 63.0 cm³/mol. The van der Waals surface area contributed by atoms with Gasteiger partial charge in [-0.3, -0.25) is 0 Å². The number of aromatic nitrogens is 3. The summed E-state index contributed by atoms with van der Waals surface area (Å²) in [5.41, 5.74) is 0.548. The second kappa shape index (κ2) is 4.37. The molecular formula is C11H10ClN3O. The molecule has 4 nitrogen and oxygen atoms in total. The summed E-state index contributed by atoms with van der Waals surface area (Å²) in [6.45, 7) is 3.97. The van der Waals surface area contributed by atoms with Gasteiger partial charge in [-0.05, 0) is 24.3 Å². The van der Waals surface area contributed by atoms with E-state index in [0.29, 0.717) is 11.6 Å². The van der Waals surface area contributed by atoms with Crippen molar-refractivity contribution in [3.63, 3.8) is 0 Å². The van der Waals surface area contributed by atoms with Crippen LogP contribution >= 0.6 is 11.6 Å². The van der Waals surface area contributed by atoms with Gasteiger partial charge < -0.3 is 0 Å². The Kier molecular flexibility index (Phi) is 2.92. The molecule has 1 heterocycles. The van der Waals surface area contributed by atoms with Gasteiger partial charge in [0.1, 0.15) is 6.33 Å². The monoisotopic (exact) mass is 235 g/mol. The highest BCUT2D eigenvalue weighted by Gasteiger charge is 2.04. The van der Waals surface area contributed by atoms with E-state index >= 15 is 0 Å². The van der Waals surface area contributed by atoms with E-state index in [9.17, 15) is 4.79 Å². The second-order valence-corrected chi connectivity index (χ2v) is 3.67. The molecule has 0 saturated heterocycles. The lowest BCUT2D eigenvalue weighted by molar-refractivity contribution is 0.667. The highest BCUT2D eigenvalue weighted by molar-refractivity contribution is 6.30. The molecule has 0 aliphatic heterocycles. The summed E-state index contributed by atoms with van der Waals surface area (Å²) in [6, 6.07) is 7.00. The number of benzene rings is 1. The molecule has 0 aliphatic carbocycles. The Morgan fingerprint density at radius 2 is 2.06 bits per heavy atom. The second-order valence-electron chi connectivity index (χ2n) is 3.23. The third-order valence-electron chi connectivity index (χ3n) is 2.14. The number of nitrogens with zero attached hydrogens (tertiary/aromatic N) is 3. The summed E-state index contributed by atoms with van der Waals surface area (Å²) in [7, 11) is 0. The van der Waals surface area contributed by atoms with Crippen LogP contribution in [0.25, 0.3) is 5.69 Å². The molecule has 1 aromatic carbocycles. The molecular weight excluding hydrogens is 226 g/mol. The maximum absolute atomic E-state index is 11.8. The predicted octanol–water partition coefficient (Wildman–Crippen LogP) is 1.87. The van der Waals surface area contributed by atoms with Crippen molar-refractivity contribution in [2.45, 2.75) is 6.54 Å². The largest absolute Gasteiger partial charge is 0.350 e.